The highest BCUT2D eigenvalue weighted by atomic mass is 32.2. The number of benzene rings is 1. The lowest BCUT2D eigenvalue weighted by Gasteiger charge is -2.39. The number of nitrogens with zero attached hydrogens (tertiary/aromatic N) is 1. The Bertz CT molecular complexity index is 1240. The predicted molar refractivity (Wildman–Crippen MR) is 192 cm³/mol. The predicted octanol–water partition coefficient (Wildman–Crippen LogP) is 8.09. The fourth-order valence-electron chi connectivity index (χ4n) is 6.86. The molecule has 3 aliphatic heterocycles. The van der Waals surface area contributed by atoms with Crippen LogP contribution in [0.5, 0.6) is 0 Å². The summed E-state index contributed by atoms with van der Waals surface area (Å²) in [5.41, 5.74) is 3.04. The van der Waals surface area contributed by atoms with Crippen LogP contribution in [0.2, 0.25) is 18.1 Å². The number of anilines is 1. The van der Waals surface area contributed by atoms with Crippen LogP contribution in [0.25, 0.3) is 0 Å². The van der Waals surface area contributed by atoms with E-state index in [9.17, 15) is 14.7 Å². The zero-order chi connectivity index (χ0) is 34.5. The molecule has 3 aliphatic rings. The minimum atomic E-state index is -1.97. The number of thioether (sulfide) groups is 1. The summed E-state index contributed by atoms with van der Waals surface area (Å²) in [6.07, 6.45) is 10.8. The summed E-state index contributed by atoms with van der Waals surface area (Å²) in [4.78, 5) is 28.2. The van der Waals surface area contributed by atoms with Gasteiger partial charge in [-0.3, -0.25) is 9.59 Å². The van der Waals surface area contributed by atoms with Crippen molar-refractivity contribution in [3.63, 3.8) is 0 Å². The van der Waals surface area contributed by atoms with E-state index in [1.807, 2.05) is 11.8 Å². The van der Waals surface area contributed by atoms with Crippen LogP contribution in [0.1, 0.15) is 110 Å². The number of aliphatic hydroxyl groups excluding tert-OH is 1. The number of unbranched alkanes of at least 4 members (excludes halogenated alkanes) is 2. The molecule has 8 nitrogen and oxygen atoms in total. The second kappa shape index (κ2) is 15.9. The lowest BCUT2D eigenvalue weighted by molar-refractivity contribution is -0.142. The van der Waals surface area contributed by atoms with Crippen LogP contribution in [0.15, 0.2) is 35.9 Å². The summed E-state index contributed by atoms with van der Waals surface area (Å²) in [6.45, 7) is 16.3. The van der Waals surface area contributed by atoms with Crippen molar-refractivity contribution in [2.75, 3.05) is 32.0 Å². The summed E-state index contributed by atoms with van der Waals surface area (Å²) in [5.74, 6) is -0.160. The Hall–Kier alpha value is -1.69. The van der Waals surface area contributed by atoms with Crippen LogP contribution >= 0.6 is 11.8 Å². The van der Waals surface area contributed by atoms with Crippen molar-refractivity contribution in [1.82, 2.24) is 0 Å². The molecule has 0 saturated carbocycles. The second-order valence-corrected chi connectivity index (χ2v) is 21.9. The van der Waals surface area contributed by atoms with Gasteiger partial charge in [-0.15, -0.1) is 11.8 Å². The lowest BCUT2D eigenvalue weighted by atomic mass is 9.89. The molecule has 0 radical (unpaired) electrons. The number of carbonyl (C=O) groups is 2. The number of hydrogen-bond donors (Lipinski definition) is 1. The van der Waals surface area contributed by atoms with Gasteiger partial charge in [0, 0.05) is 18.2 Å². The molecule has 10 heteroatoms. The third-order valence-electron chi connectivity index (χ3n) is 10.8. The fraction of sp³-hybridized carbons (Fsp3) is 0.730. The first-order valence-corrected chi connectivity index (χ1v) is 21.3. The van der Waals surface area contributed by atoms with E-state index in [-0.39, 0.29) is 48.6 Å². The number of rotatable bonds is 16. The molecule has 47 heavy (non-hydrogen) atoms. The molecule has 0 aromatic heterocycles. The summed E-state index contributed by atoms with van der Waals surface area (Å²) >= 11 is 1.48. The number of amides is 1. The van der Waals surface area contributed by atoms with Gasteiger partial charge in [0.25, 0.3) is 0 Å². The Morgan fingerprint density at radius 3 is 2.51 bits per heavy atom. The maximum Gasteiger partial charge on any atom is 0.325 e. The monoisotopic (exact) mass is 689 g/mol. The van der Waals surface area contributed by atoms with Crippen molar-refractivity contribution in [2.45, 2.75) is 145 Å². The molecule has 0 spiro atoms. The minimum absolute atomic E-state index is 0.0570. The first kappa shape index (κ1) is 38.1. The summed E-state index contributed by atoms with van der Waals surface area (Å²) < 4.78 is 21.7. The standard InChI is InChI=1S/C37H59NO7SSi/c1-9-10-11-14-32(45-47(7,8)35(2,3)4)27-15-17-30(18-16-27)38-29(19-20-33(38)40)13-12-21-37(25-39)23-28(22-31-24-43-26-44-31)36(5,46-37)34(41)42-6/h15-18,23,29,31-32,39H,9-14,19-22,24-26H2,1-8H3/t29-,31-,32-,36?,37-/m0/s1. The van der Waals surface area contributed by atoms with Crippen LogP contribution in [0, 0.1) is 0 Å². The molecule has 1 unspecified atom stereocenters. The Kier molecular flexibility index (Phi) is 12.9. The van der Waals surface area contributed by atoms with Crippen molar-refractivity contribution in [3.8, 4) is 0 Å². The van der Waals surface area contributed by atoms with Crippen molar-refractivity contribution in [2.24, 2.45) is 0 Å². The Morgan fingerprint density at radius 2 is 1.91 bits per heavy atom. The van der Waals surface area contributed by atoms with Crippen LogP contribution in [0.4, 0.5) is 5.69 Å². The normalized spacial score (nSPS) is 27.4. The van der Waals surface area contributed by atoms with Crippen molar-refractivity contribution in [3.05, 3.63) is 41.5 Å². The highest BCUT2D eigenvalue weighted by molar-refractivity contribution is 8.03. The van der Waals surface area contributed by atoms with Gasteiger partial charge < -0.3 is 28.6 Å². The maximum atomic E-state index is 13.2. The Balaban J connectivity index is 1.45. The van der Waals surface area contributed by atoms with E-state index in [0.717, 1.165) is 43.4 Å². The zero-order valence-corrected chi connectivity index (χ0v) is 31.9. The molecule has 4 rings (SSSR count). The molecular weight excluding hydrogens is 631 g/mol. The fourth-order valence-corrected chi connectivity index (χ4v) is 9.94. The van der Waals surface area contributed by atoms with Gasteiger partial charge in [0.15, 0.2) is 8.32 Å². The molecule has 1 amide bonds. The van der Waals surface area contributed by atoms with Gasteiger partial charge >= 0.3 is 5.97 Å². The Morgan fingerprint density at radius 1 is 1.19 bits per heavy atom. The third-order valence-corrected chi connectivity index (χ3v) is 16.9. The van der Waals surface area contributed by atoms with Crippen LogP contribution in [-0.4, -0.2) is 74.1 Å². The maximum absolute atomic E-state index is 13.2. The highest BCUT2D eigenvalue weighted by Crippen LogP contribution is 2.54. The molecule has 2 saturated heterocycles. The highest BCUT2D eigenvalue weighted by Gasteiger charge is 2.52. The molecule has 1 aromatic carbocycles. The zero-order valence-electron chi connectivity index (χ0n) is 30.1. The minimum Gasteiger partial charge on any atom is -0.468 e. The van der Waals surface area contributed by atoms with Gasteiger partial charge in [-0.2, -0.15) is 0 Å². The number of aliphatic hydroxyl groups is 1. The van der Waals surface area contributed by atoms with Crippen LogP contribution in [-0.2, 0) is 28.2 Å². The van der Waals surface area contributed by atoms with Gasteiger partial charge in [0.2, 0.25) is 5.91 Å². The second-order valence-electron chi connectivity index (χ2n) is 15.3. The molecular formula is C37H59NO7SSi. The van der Waals surface area contributed by atoms with Gasteiger partial charge in [-0.25, -0.2) is 0 Å². The third kappa shape index (κ3) is 8.92. The topological polar surface area (TPSA) is 94.5 Å². The van der Waals surface area contributed by atoms with Gasteiger partial charge in [0.1, 0.15) is 11.5 Å². The number of ether oxygens (including phenoxy) is 3. The van der Waals surface area contributed by atoms with E-state index in [4.69, 9.17) is 18.6 Å². The molecule has 1 aromatic rings. The number of methoxy groups -OCH3 is 1. The first-order valence-electron chi connectivity index (χ1n) is 17.6. The SMILES string of the molecule is CCCCC[C@H](O[Si](C)(C)C(C)(C)C)c1ccc(N2C(=O)CC[C@@H]2CCC[C@@]2(CO)C=C(C[C@H]3COCO3)C(C)(C(=O)OC)S2)cc1. The van der Waals surface area contributed by atoms with Crippen molar-refractivity contribution in [1.29, 1.82) is 0 Å². The summed E-state index contributed by atoms with van der Waals surface area (Å²) in [7, 11) is -0.556. The summed E-state index contributed by atoms with van der Waals surface area (Å²) in [6, 6.07) is 8.62. The molecule has 5 atom stereocenters. The van der Waals surface area contributed by atoms with E-state index in [0.29, 0.717) is 25.9 Å². The number of carbonyl (C=O) groups excluding carboxylic acids is 2. The quantitative estimate of drug-likeness (QED) is 0.0806. The number of esters is 1. The van der Waals surface area contributed by atoms with Gasteiger partial charge in [-0.05, 0) is 86.9 Å². The number of hydrogen-bond acceptors (Lipinski definition) is 8. The average Bonchev–Trinajstić information content (AvgIpc) is 3.75. The molecule has 0 bridgehead atoms. The summed E-state index contributed by atoms with van der Waals surface area (Å²) in [5, 5.41) is 10.8. The molecule has 2 fully saturated rings. The van der Waals surface area contributed by atoms with E-state index in [2.05, 4.69) is 71.1 Å². The van der Waals surface area contributed by atoms with E-state index in [1.165, 1.54) is 37.3 Å². The average molecular weight is 690 g/mol. The first-order chi connectivity index (χ1) is 22.2. The van der Waals surface area contributed by atoms with E-state index >= 15 is 0 Å². The molecule has 3 heterocycles. The van der Waals surface area contributed by atoms with Crippen LogP contribution in [0.3, 0.4) is 0 Å². The smallest absolute Gasteiger partial charge is 0.325 e. The van der Waals surface area contributed by atoms with Gasteiger partial charge in [-0.1, -0.05) is 65.2 Å². The molecule has 0 aliphatic carbocycles. The van der Waals surface area contributed by atoms with Gasteiger partial charge in [0.05, 0.1) is 37.3 Å². The van der Waals surface area contributed by atoms with E-state index < -0.39 is 17.8 Å². The van der Waals surface area contributed by atoms with E-state index in [1.54, 1.807) is 0 Å². The largest absolute Gasteiger partial charge is 0.468 e. The molecule has 264 valence electrons. The molecule has 1 N–H and O–H groups in total. The van der Waals surface area contributed by atoms with Crippen molar-refractivity contribution >= 4 is 37.6 Å². The van der Waals surface area contributed by atoms with Crippen LogP contribution < -0.4 is 4.90 Å². The van der Waals surface area contributed by atoms with Crippen molar-refractivity contribution < 1.29 is 33.3 Å². The lowest BCUT2D eigenvalue weighted by Crippen LogP contribution is -2.41. The Labute approximate surface area is 288 Å².